The molecule has 2 atom stereocenters. The Morgan fingerprint density at radius 1 is 1.35 bits per heavy atom. The van der Waals surface area contributed by atoms with Crippen LogP contribution >= 0.6 is 0 Å². The van der Waals surface area contributed by atoms with Gasteiger partial charge in [0.1, 0.15) is 0 Å². The summed E-state index contributed by atoms with van der Waals surface area (Å²) in [5, 5.41) is 0. The lowest BCUT2D eigenvalue weighted by atomic mass is 10.0. The molecule has 0 radical (unpaired) electrons. The second-order valence-corrected chi connectivity index (χ2v) is 6.28. The van der Waals surface area contributed by atoms with Crippen LogP contribution in [-0.4, -0.2) is 17.6 Å². The first kappa shape index (κ1) is 13.7. The molecule has 2 aliphatic carbocycles. The lowest BCUT2D eigenvalue weighted by molar-refractivity contribution is 0.0485. The van der Waals surface area contributed by atoms with Crippen LogP contribution in [0, 0.1) is 11.8 Å². The van der Waals surface area contributed by atoms with Crippen LogP contribution in [0.2, 0.25) is 0 Å². The van der Waals surface area contributed by atoms with E-state index in [1.54, 1.807) is 6.92 Å². The van der Waals surface area contributed by atoms with Gasteiger partial charge in [-0.25, -0.2) is 9.78 Å². The predicted octanol–water partition coefficient (Wildman–Crippen LogP) is 3.88. The second-order valence-electron chi connectivity index (χ2n) is 6.28. The zero-order valence-corrected chi connectivity index (χ0v) is 12.5. The van der Waals surface area contributed by atoms with Crippen LogP contribution in [0.15, 0.2) is 4.42 Å². The number of ether oxygens (including phenoxy) is 1. The zero-order chi connectivity index (χ0) is 14.3. The Bertz CT molecular complexity index is 494. The molecule has 1 aromatic rings. The number of fused-ring (bicyclic) bond motifs is 1. The molecule has 20 heavy (non-hydrogen) atoms. The molecule has 4 nitrogen and oxygen atoms in total. The summed E-state index contributed by atoms with van der Waals surface area (Å²) >= 11 is 0. The molecular weight excluding hydrogens is 254 g/mol. The first-order chi connectivity index (χ1) is 9.63. The van der Waals surface area contributed by atoms with Crippen LogP contribution in [-0.2, 0) is 4.74 Å². The fourth-order valence-corrected chi connectivity index (χ4v) is 3.58. The van der Waals surface area contributed by atoms with Crippen LogP contribution < -0.4 is 0 Å². The summed E-state index contributed by atoms with van der Waals surface area (Å²) in [6.07, 6.45) is 5.20. The van der Waals surface area contributed by atoms with E-state index in [0.717, 1.165) is 23.4 Å². The van der Waals surface area contributed by atoms with Gasteiger partial charge < -0.3 is 9.15 Å². The largest absolute Gasteiger partial charge is 0.460 e. The van der Waals surface area contributed by atoms with Gasteiger partial charge in [0.2, 0.25) is 5.76 Å². The van der Waals surface area contributed by atoms with E-state index in [0.29, 0.717) is 18.3 Å². The van der Waals surface area contributed by atoms with Gasteiger partial charge in [0.05, 0.1) is 12.3 Å². The Kier molecular flexibility index (Phi) is 3.57. The Morgan fingerprint density at radius 3 is 2.55 bits per heavy atom. The summed E-state index contributed by atoms with van der Waals surface area (Å²) in [4.78, 5) is 16.6. The maximum absolute atomic E-state index is 12.0. The van der Waals surface area contributed by atoms with Crippen molar-refractivity contribution in [2.45, 2.75) is 58.3 Å². The molecule has 0 N–H and O–H groups in total. The number of carbonyl (C=O) groups is 1. The molecule has 2 unspecified atom stereocenters. The number of carbonyl (C=O) groups excluding carboxylic acids is 1. The number of hydrogen-bond donors (Lipinski definition) is 0. The Balaban J connectivity index is 1.86. The number of aromatic nitrogens is 1. The van der Waals surface area contributed by atoms with Gasteiger partial charge in [-0.3, -0.25) is 0 Å². The molecular formula is C16H23NO3. The highest BCUT2D eigenvalue weighted by Crippen LogP contribution is 2.61. The van der Waals surface area contributed by atoms with Crippen molar-refractivity contribution in [3.8, 4) is 0 Å². The molecule has 2 aliphatic rings. The molecule has 0 amide bonds. The molecule has 0 aromatic carbocycles. The molecule has 1 heterocycles. The first-order valence-electron chi connectivity index (χ1n) is 7.81. The molecule has 0 spiro atoms. The first-order valence-corrected chi connectivity index (χ1v) is 7.81. The van der Waals surface area contributed by atoms with Gasteiger partial charge in [-0.1, -0.05) is 26.7 Å². The molecule has 4 heteroatoms. The fraction of sp³-hybridized carbons (Fsp3) is 0.750. The van der Waals surface area contributed by atoms with E-state index in [9.17, 15) is 4.79 Å². The number of rotatable bonds is 4. The van der Waals surface area contributed by atoms with Gasteiger partial charge in [0, 0.05) is 5.92 Å². The molecule has 110 valence electrons. The van der Waals surface area contributed by atoms with Gasteiger partial charge in [-0.05, 0) is 37.5 Å². The van der Waals surface area contributed by atoms with Crippen LogP contribution in [0.5, 0.6) is 0 Å². The maximum atomic E-state index is 12.0. The van der Waals surface area contributed by atoms with Gasteiger partial charge >= 0.3 is 5.97 Å². The highest BCUT2D eigenvalue weighted by atomic mass is 16.5. The average molecular weight is 277 g/mol. The van der Waals surface area contributed by atoms with Crippen LogP contribution in [0.4, 0.5) is 0 Å². The number of nitrogens with zero attached hydrogens (tertiary/aromatic N) is 1. The Hall–Kier alpha value is -1.32. The highest BCUT2D eigenvalue weighted by Gasteiger charge is 2.54. The summed E-state index contributed by atoms with van der Waals surface area (Å²) < 4.78 is 10.9. The van der Waals surface area contributed by atoms with Crippen molar-refractivity contribution in [3.05, 3.63) is 17.3 Å². The van der Waals surface area contributed by atoms with Gasteiger partial charge in [-0.2, -0.15) is 0 Å². The van der Waals surface area contributed by atoms with E-state index < -0.39 is 0 Å². The van der Waals surface area contributed by atoms with Crippen molar-refractivity contribution in [3.63, 3.8) is 0 Å². The average Bonchev–Trinajstić information content (AvgIpc) is 2.98. The van der Waals surface area contributed by atoms with Crippen LogP contribution in [0.1, 0.15) is 80.4 Å². The maximum Gasteiger partial charge on any atom is 0.376 e. The normalized spacial score (nSPS) is 28.3. The van der Waals surface area contributed by atoms with Crippen molar-refractivity contribution in [2.75, 3.05) is 6.61 Å². The third kappa shape index (κ3) is 2.25. The minimum Gasteiger partial charge on any atom is -0.460 e. The van der Waals surface area contributed by atoms with E-state index >= 15 is 0 Å². The minimum atomic E-state index is -0.376. The van der Waals surface area contributed by atoms with Crippen LogP contribution in [0.25, 0.3) is 0 Å². The Labute approximate surface area is 119 Å². The topological polar surface area (TPSA) is 52.3 Å². The monoisotopic (exact) mass is 277 g/mol. The molecule has 2 saturated carbocycles. The van der Waals surface area contributed by atoms with Crippen LogP contribution in [0.3, 0.4) is 0 Å². The van der Waals surface area contributed by atoms with E-state index in [2.05, 4.69) is 4.98 Å². The standard InChI is InChI=1S/C16H23NO3/c1-4-19-16(18)14-13(9(2)3)17-15(20-14)12-10-7-5-6-8-11(10)12/h9-12H,4-8H2,1-3H3. The Morgan fingerprint density at radius 2 is 2.00 bits per heavy atom. The summed E-state index contributed by atoms with van der Waals surface area (Å²) in [5.74, 6) is 2.80. The highest BCUT2D eigenvalue weighted by molar-refractivity contribution is 5.87. The summed E-state index contributed by atoms with van der Waals surface area (Å²) in [5.41, 5.74) is 0.752. The van der Waals surface area contributed by atoms with Crippen molar-refractivity contribution in [2.24, 2.45) is 11.8 Å². The summed E-state index contributed by atoms with van der Waals surface area (Å²) in [6.45, 7) is 6.23. The summed E-state index contributed by atoms with van der Waals surface area (Å²) in [7, 11) is 0. The van der Waals surface area contributed by atoms with Gasteiger partial charge in [0.25, 0.3) is 0 Å². The molecule has 1 aromatic heterocycles. The van der Waals surface area contributed by atoms with Crippen molar-refractivity contribution >= 4 is 5.97 Å². The van der Waals surface area contributed by atoms with Crippen molar-refractivity contribution in [1.29, 1.82) is 0 Å². The quantitative estimate of drug-likeness (QED) is 0.784. The third-order valence-corrected chi connectivity index (χ3v) is 4.62. The van der Waals surface area contributed by atoms with E-state index in [1.165, 1.54) is 25.7 Å². The minimum absolute atomic E-state index is 0.174. The molecule has 3 rings (SSSR count). The zero-order valence-electron chi connectivity index (χ0n) is 12.5. The van der Waals surface area contributed by atoms with E-state index in [-0.39, 0.29) is 11.9 Å². The predicted molar refractivity (Wildman–Crippen MR) is 74.7 cm³/mol. The molecule has 2 fully saturated rings. The van der Waals surface area contributed by atoms with E-state index in [4.69, 9.17) is 9.15 Å². The molecule has 0 bridgehead atoms. The fourth-order valence-electron chi connectivity index (χ4n) is 3.58. The second kappa shape index (κ2) is 5.23. The smallest absolute Gasteiger partial charge is 0.376 e. The van der Waals surface area contributed by atoms with Crippen molar-refractivity contribution < 1.29 is 13.9 Å². The SMILES string of the molecule is CCOC(=O)c1oc(C2C3CCCCC32)nc1C(C)C. The lowest BCUT2D eigenvalue weighted by Crippen LogP contribution is -2.07. The van der Waals surface area contributed by atoms with E-state index in [1.807, 2.05) is 13.8 Å². The number of hydrogen-bond acceptors (Lipinski definition) is 4. The molecule has 0 saturated heterocycles. The third-order valence-electron chi connectivity index (χ3n) is 4.62. The van der Waals surface area contributed by atoms with Gasteiger partial charge in [-0.15, -0.1) is 0 Å². The molecule has 0 aliphatic heterocycles. The van der Waals surface area contributed by atoms with Gasteiger partial charge in [0.15, 0.2) is 5.89 Å². The number of esters is 1. The summed E-state index contributed by atoms with van der Waals surface area (Å²) in [6, 6.07) is 0. The number of oxazole rings is 1. The lowest BCUT2D eigenvalue weighted by Gasteiger charge is -2.04. The van der Waals surface area contributed by atoms with Crippen molar-refractivity contribution in [1.82, 2.24) is 4.98 Å².